The van der Waals surface area contributed by atoms with Crippen LogP contribution in [0.3, 0.4) is 0 Å². The maximum Gasteiger partial charge on any atom is 0.411 e. The third-order valence-corrected chi connectivity index (χ3v) is 8.17. The van der Waals surface area contributed by atoms with Crippen molar-refractivity contribution in [1.29, 1.82) is 0 Å². The van der Waals surface area contributed by atoms with Gasteiger partial charge in [-0.15, -0.1) is 0 Å². The first-order chi connectivity index (χ1) is 20.2. The van der Waals surface area contributed by atoms with E-state index in [1.165, 1.54) is 0 Å². The SMILES string of the molecule is C[CH+]C(C)(C)OC(=O)NC1(c2ccc(-c3nc4c(C(N)=O)cc(-c5cn[nH]c5)cn4c3-c3ccccc3)cc2)CCC1. The average molecular weight is 562 g/mol. The van der Waals surface area contributed by atoms with E-state index in [9.17, 15) is 9.59 Å². The molecule has 0 saturated heterocycles. The minimum absolute atomic E-state index is 0.317. The molecular weight excluding hydrogens is 528 g/mol. The summed E-state index contributed by atoms with van der Waals surface area (Å²) in [5.74, 6) is -0.564. The van der Waals surface area contributed by atoms with Crippen LogP contribution >= 0.6 is 0 Å². The Hall–Kier alpha value is -5.05. The molecule has 1 saturated carbocycles. The molecular formula is C33H33N6O3+. The van der Waals surface area contributed by atoms with E-state index in [2.05, 4.69) is 15.5 Å². The topological polar surface area (TPSA) is 127 Å². The number of aromatic amines is 1. The number of primary amides is 1. The number of benzene rings is 2. The summed E-state index contributed by atoms with van der Waals surface area (Å²) in [6.45, 7) is 5.59. The minimum atomic E-state index is -0.656. The number of ether oxygens (including phenoxy) is 1. The highest BCUT2D eigenvalue weighted by Gasteiger charge is 2.42. The zero-order chi connectivity index (χ0) is 29.5. The lowest BCUT2D eigenvalue weighted by atomic mass is 9.71. The number of imidazole rings is 1. The van der Waals surface area contributed by atoms with Gasteiger partial charge in [-0.25, -0.2) is 9.78 Å². The minimum Gasteiger partial charge on any atom is -0.403 e. The van der Waals surface area contributed by atoms with Crippen LogP contribution in [0.25, 0.3) is 39.3 Å². The number of hydrogen-bond donors (Lipinski definition) is 3. The smallest absolute Gasteiger partial charge is 0.403 e. The summed E-state index contributed by atoms with van der Waals surface area (Å²) >= 11 is 0. The number of nitrogens with zero attached hydrogens (tertiary/aromatic N) is 3. The highest BCUT2D eigenvalue weighted by Crippen LogP contribution is 2.43. The Bertz CT molecular complexity index is 1750. The maximum absolute atomic E-state index is 12.8. The fourth-order valence-corrected chi connectivity index (χ4v) is 5.45. The molecule has 1 fully saturated rings. The molecule has 9 nitrogen and oxygen atoms in total. The van der Waals surface area contributed by atoms with Crippen LogP contribution in [0.4, 0.5) is 4.79 Å². The lowest BCUT2D eigenvalue weighted by Crippen LogP contribution is -2.52. The van der Waals surface area contributed by atoms with Crippen LogP contribution in [0.2, 0.25) is 0 Å². The highest BCUT2D eigenvalue weighted by atomic mass is 16.6. The van der Waals surface area contributed by atoms with Crippen LogP contribution in [0.5, 0.6) is 0 Å². The summed E-state index contributed by atoms with van der Waals surface area (Å²) in [6, 6.07) is 19.8. The van der Waals surface area contributed by atoms with Crippen molar-refractivity contribution in [2.45, 2.75) is 51.2 Å². The van der Waals surface area contributed by atoms with Crippen LogP contribution in [-0.4, -0.2) is 37.2 Å². The second-order valence-corrected chi connectivity index (χ2v) is 11.3. The number of amides is 2. The van der Waals surface area contributed by atoms with Crippen LogP contribution in [0, 0.1) is 6.42 Å². The predicted molar refractivity (Wildman–Crippen MR) is 161 cm³/mol. The largest absolute Gasteiger partial charge is 0.411 e. The van der Waals surface area contributed by atoms with Gasteiger partial charge in [-0.1, -0.05) is 54.6 Å². The molecule has 2 amide bonds. The number of carbonyl (C=O) groups excluding carboxylic acids is 2. The molecule has 1 aliphatic rings. The van der Waals surface area contributed by atoms with E-state index in [0.717, 1.165) is 58.5 Å². The van der Waals surface area contributed by atoms with E-state index in [1.807, 2.05) is 92.4 Å². The summed E-state index contributed by atoms with van der Waals surface area (Å²) in [5, 5.41) is 10.0. The molecule has 6 rings (SSSR count). The van der Waals surface area contributed by atoms with Gasteiger partial charge in [0.05, 0.1) is 35.6 Å². The molecule has 5 aromatic rings. The molecule has 1 aliphatic carbocycles. The third kappa shape index (κ3) is 4.87. The molecule has 3 aromatic heterocycles. The number of H-pyrrole nitrogens is 1. The summed E-state index contributed by atoms with van der Waals surface area (Å²) in [4.78, 5) is 30.4. The first-order valence-corrected chi connectivity index (χ1v) is 14.0. The van der Waals surface area contributed by atoms with Crippen LogP contribution < -0.4 is 11.1 Å². The maximum atomic E-state index is 12.8. The fourth-order valence-electron chi connectivity index (χ4n) is 5.45. The fraction of sp³-hybridized carbons (Fsp3) is 0.242. The number of aromatic nitrogens is 4. The quantitative estimate of drug-likeness (QED) is 0.193. The summed E-state index contributed by atoms with van der Waals surface area (Å²) in [7, 11) is 0. The van der Waals surface area contributed by atoms with Gasteiger partial charge in [0, 0.05) is 48.5 Å². The van der Waals surface area contributed by atoms with E-state index >= 15 is 0 Å². The van der Waals surface area contributed by atoms with Crippen molar-refractivity contribution in [3.05, 3.63) is 96.8 Å². The number of nitrogens with two attached hydrogens (primary N) is 1. The molecule has 0 aliphatic heterocycles. The molecule has 212 valence electrons. The van der Waals surface area contributed by atoms with E-state index < -0.39 is 23.1 Å². The van der Waals surface area contributed by atoms with Crippen molar-refractivity contribution in [3.8, 4) is 33.6 Å². The van der Waals surface area contributed by atoms with Gasteiger partial charge in [-0.3, -0.25) is 14.3 Å². The van der Waals surface area contributed by atoms with Gasteiger partial charge >= 0.3 is 6.09 Å². The second-order valence-electron chi connectivity index (χ2n) is 11.3. The first kappa shape index (κ1) is 27.1. The number of alkyl carbamates (subject to hydrolysis) is 1. The number of rotatable bonds is 8. The van der Waals surface area contributed by atoms with Crippen molar-refractivity contribution in [3.63, 3.8) is 0 Å². The molecule has 0 spiro atoms. The molecule has 3 heterocycles. The van der Waals surface area contributed by atoms with Crippen LogP contribution in [0.1, 0.15) is 56.0 Å². The molecule has 2 aromatic carbocycles. The Morgan fingerprint density at radius 2 is 1.79 bits per heavy atom. The van der Waals surface area contributed by atoms with Gasteiger partial charge in [0.1, 0.15) is 6.42 Å². The highest BCUT2D eigenvalue weighted by molar-refractivity contribution is 6.01. The summed E-state index contributed by atoms with van der Waals surface area (Å²) < 4.78 is 7.57. The van der Waals surface area contributed by atoms with Crippen molar-refractivity contribution in [1.82, 2.24) is 24.9 Å². The number of carbonyl (C=O) groups is 2. The molecule has 0 bridgehead atoms. The first-order valence-electron chi connectivity index (χ1n) is 14.0. The van der Waals surface area contributed by atoms with Crippen LogP contribution in [0.15, 0.2) is 79.3 Å². The molecule has 0 radical (unpaired) electrons. The van der Waals surface area contributed by atoms with Crippen molar-refractivity contribution < 1.29 is 14.3 Å². The van der Waals surface area contributed by atoms with E-state index in [4.69, 9.17) is 15.5 Å². The van der Waals surface area contributed by atoms with Gasteiger partial charge in [0.25, 0.3) is 5.91 Å². The third-order valence-electron chi connectivity index (χ3n) is 8.17. The van der Waals surface area contributed by atoms with E-state index in [-0.39, 0.29) is 0 Å². The number of hydrogen-bond acceptors (Lipinski definition) is 5. The molecule has 42 heavy (non-hydrogen) atoms. The monoisotopic (exact) mass is 561 g/mol. The van der Waals surface area contributed by atoms with Gasteiger partial charge in [-0.2, -0.15) is 5.10 Å². The van der Waals surface area contributed by atoms with Gasteiger partial charge in [-0.05, 0) is 30.9 Å². The van der Waals surface area contributed by atoms with Crippen LogP contribution in [-0.2, 0) is 10.3 Å². The van der Waals surface area contributed by atoms with Gasteiger partial charge in [0.15, 0.2) is 5.65 Å². The summed E-state index contributed by atoms with van der Waals surface area (Å²) in [6.07, 6.45) is 9.54. The van der Waals surface area contributed by atoms with Crippen molar-refractivity contribution >= 4 is 17.6 Å². The summed E-state index contributed by atoms with van der Waals surface area (Å²) in [5.41, 5.74) is 11.5. The Kier molecular flexibility index (Phi) is 6.73. The van der Waals surface area contributed by atoms with E-state index in [0.29, 0.717) is 11.2 Å². The Morgan fingerprint density at radius 3 is 2.38 bits per heavy atom. The van der Waals surface area contributed by atoms with Gasteiger partial charge in [0.2, 0.25) is 5.60 Å². The molecule has 0 atom stereocenters. The second kappa shape index (κ2) is 10.4. The standard InChI is InChI=1S/C33H32N6O3/c1-4-32(2,3)42-31(41)38-33(15-8-16-33)25-13-11-21(12-14-25)27-28(22-9-6-5-7-10-22)39-20-23(24-18-35-36-19-24)17-26(29(34)40)30(39)37-27/h4-7,9-14,17-20H,8,15-16H2,1-3H3,(H3-,34,35,36,38,40,41)/p+1. The zero-order valence-corrected chi connectivity index (χ0v) is 23.8. The zero-order valence-electron chi connectivity index (χ0n) is 23.8. The van der Waals surface area contributed by atoms with Crippen molar-refractivity contribution in [2.75, 3.05) is 0 Å². The predicted octanol–water partition coefficient (Wildman–Crippen LogP) is 6.27. The number of nitrogens with one attached hydrogen (secondary N) is 2. The number of pyridine rings is 1. The Labute approximate surface area is 244 Å². The molecule has 9 heteroatoms. The lowest BCUT2D eigenvalue weighted by Gasteiger charge is -2.43. The molecule has 0 unspecified atom stereocenters. The Morgan fingerprint density at radius 1 is 1.05 bits per heavy atom. The normalized spacial score (nSPS) is 14.3. The van der Waals surface area contributed by atoms with Gasteiger partial charge < -0.3 is 15.8 Å². The average Bonchev–Trinajstić information content (AvgIpc) is 3.63. The van der Waals surface area contributed by atoms with E-state index in [1.54, 1.807) is 18.5 Å². The lowest BCUT2D eigenvalue weighted by molar-refractivity contribution is 0.0455. The number of fused-ring (bicyclic) bond motifs is 1. The molecule has 4 N–H and O–H groups in total. The van der Waals surface area contributed by atoms with Crippen molar-refractivity contribution in [2.24, 2.45) is 5.73 Å². The Balaban J connectivity index is 1.44.